The van der Waals surface area contributed by atoms with Crippen LogP contribution < -0.4 is 10.1 Å². The molecule has 0 radical (unpaired) electrons. The molecule has 2 aromatic carbocycles. The van der Waals surface area contributed by atoms with Gasteiger partial charge in [-0.25, -0.2) is 4.79 Å². The Labute approximate surface area is 171 Å². The maximum Gasteiger partial charge on any atom is 0.337 e. The van der Waals surface area contributed by atoms with Crippen molar-refractivity contribution < 1.29 is 19.4 Å². The van der Waals surface area contributed by atoms with Crippen molar-refractivity contribution in [3.63, 3.8) is 0 Å². The van der Waals surface area contributed by atoms with E-state index in [1.54, 1.807) is 31.4 Å². The van der Waals surface area contributed by atoms with E-state index in [-0.39, 0.29) is 11.3 Å². The summed E-state index contributed by atoms with van der Waals surface area (Å²) in [5.74, 6) is -0.661. The van der Waals surface area contributed by atoms with E-state index in [9.17, 15) is 14.7 Å². The maximum absolute atomic E-state index is 12.3. The van der Waals surface area contributed by atoms with E-state index in [0.29, 0.717) is 0 Å². The molecule has 0 spiro atoms. The zero-order valence-corrected chi connectivity index (χ0v) is 17.1. The summed E-state index contributed by atoms with van der Waals surface area (Å²) in [5.41, 5.74) is 2.25. The second-order valence-corrected chi connectivity index (χ2v) is 6.61. The number of hydrogen-bond donors (Lipinski definition) is 2. The zero-order chi connectivity index (χ0) is 21.2. The van der Waals surface area contributed by atoms with Crippen molar-refractivity contribution in [2.24, 2.45) is 0 Å². The molecule has 0 fully saturated rings. The Balaban J connectivity index is 2.14. The summed E-state index contributed by atoms with van der Waals surface area (Å²) in [6, 6.07) is 12.1. The molecule has 29 heavy (non-hydrogen) atoms. The minimum absolute atomic E-state index is 0.0524. The largest absolute Gasteiger partial charge is 0.496 e. The molecule has 0 unspecified atom stereocenters. The first kappa shape index (κ1) is 22.2. The van der Waals surface area contributed by atoms with Crippen LogP contribution in [0, 0.1) is 0 Å². The van der Waals surface area contributed by atoms with Crippen LogP contribution in [0.5, 0.6) is 5.75 Å². The molecule has 0 saturated carbocycles. The lowest BCUT2D eigenvalue weighted by Gasteiger charge is -2.21. The van der Waals surface area contributed by atoms with Crippen molar-refractivity contribution in [3.05, 3.63) is 65.2 Å². The molecule has 0 bridgehead atoms. The Morgan fingerprint density at radius 2 is 1.93 bits per heavy atom. The highest BCUT2D eigenvalue weighted by Crippen LogP contribution is 2.23. The number of rotatable bonds is 10. The number of ether oxygens (including phenoxy) is 1. The molecule has 0 saturated heterocycles. The van der Waals surface area contributed by atoms with Crippen molar-refractivity contribution in [2.75, 3.05) is 25.5 Å². The van der Waals surface area contributed by atoms with E-state index in [4.69, 9.17) is 4.74 Å². The van der Waals surface area contributed by atoms with Crippen LogP contribution in [0.15, 0.2) is 48.5 Å². The number of carboxylic acid groups (broad SMARTS) is 1. The number of amides is 1. The molecule has 1 amide bonds. The third kappa shape index (κ3) is 6.47. The minimum Gasteiger partial charge on any atom is -0.496 e. The number of hydrogen-bond acceptors (Lipinski definition) is 4. The van der Waals surface area contributed by atoms with Crippen LogP contribution in [0.4, 0.5) is 5.69 Å². The second-order valence-electron chi connectivity index (χ2n) is 6.61. The number of carbonyl (C=O) groups is 2. The fraction of sp³-hybridized carbons (Fsp3) is 0.304. The van der Waals surface area contributed by atoms with Gasteiger partial charge in [-0.15, -0.1) is 0 Å². The molecule has 0 atom stereocenters. The fourth-order valence-electron chi connectivity index (χ4n) is 3.06. The summed E-state index contributed by atoms with van der Waals surface area (Å²) in [5, 5.41) is 11.8. The number of nitrogens with zero attached hydrogens (tertiary/aromatic N) is 1. The molecule has 0 aliphatic heterocycles. The van der Waals surface area contributed by atoms with Crippen molar-refractivity contribution in [1.82, 2.24) is 4.90 Å². The van der Waals surface area contributed by atoms with Gasteiger partial charge >= 0.3 is 5.97 Å². The normalized spacial score (nSPS) is 11.0. The molecule has 6 nitrogen and oxygen atoms in total. The van der Waals surface area contributed by atoms with E-state index in [0.717, 1.165) is 42.9 Å². The lowest BCUT2D eigenvalue weighted by atomic mass is 10.1. The number of para-hydroxylation sites is 1. The fourth-order valence-corrected chi connectivity index (χ4v) is 3.06. The molecule has 0 aliphatic rings. The molecule has 6 heteroatoms. The summed E-state index contributed by atoms with van der Waals surface area (Å²) >= 11 is 0. The van der Waals surface area contributed by atoms with Crippen molar-refractivity contribution >= 4 is 23.6 Å². The number of benzene rings is 2. The molecule has 2 aromatic rings. The van der Waals surface area contributed by atoms with Gasteiger partial charge < -0.3 is 15.2 Å². The van der Waals surface area contributed by atoms with Gasteiger partial charge in [0.1, 0.15) is 5.75 Å². The smallest absolute Gasteiger partial charge is 0.337 e. The first-order valence-electron chi connectivity index (χ1n) is 9.69. The van der Waals surface area contributed by atoms with Gasteiger partial charge in [0.25, 0.3) is 0 Å². The molecule has 0 aliphatic carbocycles. The summed E-state index contributed by atoms with van der Waals surface area (Å²) < 4.78 is 5.48. The van der Waals surface area contributed by atoms with Gasteiger partial charge in [0.15, 0.2) is 0 Å². The molecule has 2 N–H and O–H groups in total. The van der Waals surface area contributed by atoms with Gasteiger partial charge in [0, 0.05) is 18.2 Å². The Morgan fingerprint density at radius 3 is 2.59 bits per heavy atom. The highest BCUT2D eigenvalue weighted by Gasteiger charge is 2.11. The predicted molar refractivity (Wildman–Crippen MR) is 115 cm³/mol. The van der Waals surface area contributed by atoms with E-state index in [1.165, 1.54) is 12.1 Å². The minimum atomic E-state index is -1.09. The number of nitrogens with one attached hydrogen (secondary N) is 1. The Kier molecular flexibility index (Phi) is 8.43. The van der Waals surface area contributed by atoms with Gasteiger partial charge in [-0.3, -0.25) is 9.69 Å². The number of methoxy groups -OCH3 is 1. The van der Waals surface area contributed by atoms with Crippen LogP contribution >= 0.6 is 0 Å². The molecule has 154 valence electrons. The number of aromatic carboxylic acids is 1. The van der Waals surface area contributed by atoms with Crippen molar-refractivity contribution in [3.8, 4) is 5.75 Å². The summed E-state index contributed by atoms with van der Waals surface area (Å²) in [6.45, 7) is 7.01. The lowest BCUT2D eigenvalue weighted by Crippen LogP contribution is -2.23. The Bertz CT molecular complexity index is 877. The van der Waals surface area contributed by atoms with E-state index in [1.807, 2.05) is 18.2 Å². The standard InChI is InChI=1S/C23H28N2O4/c1-4-14-25(5-2)16-18-15-17(10-12-21(18)29-3)11-13-22(26)24-20-9-7-6-8-19(20)23(27)28/h6-13,15H,4-5,14,16H2,1-3H3,(H,24,26)(H,27,28)/b13-11+. The van der Waals surface area contributed by atoms with Gasteiger partial charge in [0.2, 0.25) is 5.91 Å². The number of carboxylic acids is 1. The quantitative estimate of drug-likeness (QED) is 0.586. The highest BCUT2D eigenvalue weighted by molar-refractivity contribution is 6.06. The first-order valence-corrected chi connectivity index (χ1v) is 9.69. The average Bonchev–Trinajstić information content (AvgIpc) is 2.72. The molecular formula is C23H28N2O4. The van der Waals surface area contributed by atoms with Crippen molar-refractivity contribution in [1.29, 1.82) is 0 Å². The third-order valence-electron chi connectivity index (χ3n) is 4.53. The maximum atomic E-state index is 12.3. The number of anilines is 1. The Hall–Kier alpha value is -3.12. The van der Waals surface area contributed by atoms with E-state index in [2.05, 4.69) is 24.1 Å². The van der Waals surface area contributed by atoms with Crippen LogP contribution in [0.2, 0.25) is 0 Å². The van der Waals surface area contributed by atoms with E-state index < -0.39 is 11.9 Å². The first-order chi connectivity index (χ1) is 14.0. The van der Waals surface area contributed by atoms with E-state index >= 15 is 0 Å². The summed E-state index contributed by atoms with van der Waals surface area (Å²) in [4.78, 5) is 25.8. The molecule has 0 aromatic heterocycles. The van der Waals surface area contributed by atoms with Crippen LogP contribution in [0.25, 0.3) is 6.08 Å². The van der Waals surface area contributed by atoms with Gasteiger partial charge in [-0.2, -0.15) is 0 Å². The monoisotopic (exact) mass is 396 g/mol. The van der Waals surface area contributed by atoms with Crippen LogP contribution in [-0.2, 0) is 11.3 Å². The summed E-state index contributed by atoms with van der Waals surface area (Å²) in [7, 11) is 1.65. The zero-order valence-electron chi connectivity index (χ0n) is 17.1. The topological polar surface area (TPSA) is 78.9 Å². The number of carbonyl (C=O) groups excluding carboxylic acids is 1. The second kappa shape index (κ2) is 11.0. The van der Waals surface area contributed by atoms with Gasteiger partial charge in [-0.1, -0.05) is 32.0 Å². The van der Waals surface area contributed by atoms with Gasteiger partial charge in [-0.05, 0) is 55.4 Å². The van der Waals surface area contributed by atoms with Crippen LogP contribution in [-0.4, -0.2) is 42.1 Å². The van der Waals surface area contributed by atoms with Crippen LogP contribution in [0.1, 0.15) is 41.8 Å². The lowest BCUT2D eigenvalue weighted by molar-refractivity contribution is -0.111. The predicted octanol–water partition coefficient (Wildman–Crippen LogP) is 4.28. The van der Waals surface area contributed by atoms with Gasteiger partial charge in [0.05, 0.1) is 18.4 Å². The van der Waals surface area contributed by atoms with Crippen LogP contribution in [0.3, 0.4) is 0 Å². The molecule has 2 rings (SSSR count). The SMILES string of the molecule is CCCN(CC)Cc1cc(/C=C/C(=O)Nc2ccccc2C(=O)O)ccc1OC. The third-order valence-corrected chi connectivity index (χ3v) is 4.53. The highest BCUT2D eigenvalue weighted by atomic mass is 16.5. The van der Waals surface area contributed by atoms with Crippen molar-refractivity contribution in [2.45, 2.75) is 26.8 Å². The molecular weight excluding hydrogens is 368 g/mol. The Morgan fingerprint density at radius 1 is 1.17 bits per heavy atom. The average molecular weight is 396 g/mol. The molecule has 0 heterocycles. The summed E-state index contributed by atoms with van der Waals surface area (Å²) in [6.07, 6.45) is 4.18.